The largest absolute Gasteiger partial charge is 0.326 e. The number of fused-ring (bicyclic) bond motifs is 1. The molecule has 3 atom stereocenters. The van der Waals surface area contributed by atoms with E-state index in [1.165, 1.54) is 27.2 Å². The van der Waals surface area contributed by atoms with E-state index in [0.717, 1.165) is 6.42 Å². The normalized spacial score (nSPS) is 25.6. The summed E-state index contributed by atoms with van der Waals surface area (Å²) in [5.74, 6) is 2.52. The van der Waals surface area contributed by atoms with Crippen molar-refractivity contribution in [3.63, 3.8) is 0 Å². The van der Waals surface area contributed by atoms with Crippen LogP contribution in [0.4, 0.5) is 0 Å². The first-order valence-electron chi connectivity index (χ1n) is 6.69. The van der Waals surface area contributed by atoms with Crippen molar-refractivity contribution in [3.8, 4) is 0 Å². The van der Waals surface area contributed by atoms with Gasteiger partial charge in [0, 0.05) is 32.7 Å². The molecule has 1 aromatic heterocycles. The van der Waals surface area contributed by atoms with Crippen LogP contribution in [-0.4, -0.2) is 28.0 Å². The van der Waals surface area contributed by atoms with Crippen molar-refractivity contribution >= 4 is 44.9 Å². The molecule has 4 heteroatoms. The fourth-order valence-electron chi connectivity index (χ4n) is 2.68. The Hall–Kier alpha value is -0.160. The van der Waals surface area contributed by atoms with E-state index in [0.29, 0.717) is 10.5 Å². The van der Waals surface area contributed by atoms with Crippen molar-refractivity contribution in [1.82, 2.24) is 0 Å². The van der Waals surface area contributed by atoms with Gasteiger partial charge in [0.05, 0.1) is 0 Å². The maximum Gasteiger partial charge on any atom is 0.0345 e. The zero-order valence-electron chi connectivity index (χ0n) is 11.0. The second-order valence-electron chi connectivity index (χ2n) is 5.04. The Morgan fingerprint density at radius 1 is 1.26 bits per heavy atom. The SMILES string of the molecule is CC1SCCSC1C(N)Cc1csc2ccccc12. The summed E-state index contributed by atoms with van der Waals surface area (Å²) in [5, 5.41) is 4.95. The molecule has 0 radical (unpaired) electrons. The summed E-state index contributed by atoms with van der Waals surface area (Å²) in [4.78, 5) is 0. The Balaban J connectivity index is 1.77. The molecule has 2 N–H and O–H groups in total. The summed E-state index contributed by atoms with van der Waals surface area (Å²) in [6.07, 6.45) is 1.01. The Morgan fingerprint density at radius 3 is 2.89 bits per heavy atom. The Morgan fingerprint density at radius 2 is 2.05 bits per heavy atom. The van der Waals surface area contributed by atoms with Gasteiger partial charge in [-0.2, -0.15) is 23.5 Å². The third kappa shape index (κ3) is 2.97. The highest BCUT2D eigenvalue weighted by Crippen LogP contribution is 2.34. The average Bonchev–Trinajstić information content (AvgIpc) is 2.83. The number of nitrogens with two attached hydrogens (primary N) is 1. The highest BCUT2D eigenvalue weighted by Gasteiger charge is 2.28. The van der Waals surface area contributed by atoms with Crippen LogP contribution in [0.1, 0.15) is 12.5 Å². The molecule has 1 aliphatic heterocycles. The second kappa shape index (κ2) is 6.08. The number of benzene rings is 1. The maximum atomic E-state index is 6.49. The molecule has 2 aromatic rings. The van der Waals surface area contributed by atoms with Crippen LogP contribution in [0.25, 0.3) is 10.1 Å². The van der Waals surface area contributed by atoms with E-state index in [1.807, 2.05) is 11.3 Å². The van der Waals surface area contributed by atoms with Crippen molar-refractivity contribution in [2.45, 2.75) is 29.9 Å². The molecule has 0 aliphatic carbocycles. The van der Waals surface area contributed by atoms with Gasteiger partial charge >= 0.3 is 0 Å². The third-order valence-corrected chi connectivity index (χ3v) is 7.96. The lowest BCUT2D eigenvalue weighted by Gasteiger charge is -2.32. The van der Waals surface area contributed by atoms with Crippen LogP contribution in [0, 0.1) is 0 Å². The van der Waals surface area contributed by atoms with E-state index in [2.05, 4.69) is 60.1 Å². The Labute approximate surface area is 127 Å². The summed E-state index contributed by atoms with van der Waals surface area (Å²) in [7, 11) is 0. The van der Waals surface area contributed by atoms with Crippen molar-refractivity contribution in [2.24, 2.45) is 5.73 Å². The van der Waals surface area contributed by atoms with Gasteiger partial charge in [0.15, 0.2) is 0 Å². The van der Waals surface area contributed by atoms with Crippen molar-refractivity contribution in [3.05, 3.63) is 35.2 Å². The lowest BCUT2D eigenvalue weighted by Crippen LogP contribution is -2.42. The standard InChI is InChI=1S/C15H19NS3/c1-10-15(18-7-6-17-10)13(16)8-11-9-19-14-5-3-2-4-12(11)14/h2-5,9-10,13,15H,6-8,16H2,1H3. The third-order valence-electron chi connectivity index (χ3n) is 3.68. The highest BCUT2D eigenvalue weighted by molar-refractivity contribution is 8.07. The van der Waals surface area contributed by atoms with Crippen molar-refractivity contribution < 1.29 is 0 Å². The lowest BCUT2D eigenvalue weighted by molar-refractivity contribution is 0.624. The van der Waals surface area contributed by atoms with Gasteiger partial charge in [-0.1, -0.05) is 25.1 Å². The first-order chi connectivity index (χ1) is 9.25. The van der Waals surface area contributed by atoms with Crippen LogP contribution < -0.4 is 5.73 Å². The number of thiophene rings is 1. The number of thioether (sulfide) groups is 2. The molecule has 1 saturated heterocycles. The molecule has 0 spiro atoms. The van der Waals surface area contributed by atoms with Gasteiger partial charge in [0.1, 0.15) is 0 Å². The minimum absolute atomic E-state index is 0.269. The number of hydrogen-bond donors (Lipinski definition) is 1. The van der Waals surface area contributed by atoms with Crippen LogP contribution in [0.2, 0.25) is 0 Å². The Kier molecular flexibility index (Phi) is 4.42. The molecule has 1 fully saturated rings. The minimum atomic E-state index is 0.269. The molecular formula is C15H19NS3. The van der Waals surface area contributed by atoms with Gasteiger partial charge < -0.3 is 5.73 Å². The van der Waals surface area contributed by atoms with Crippen LogP contribution >= 0.6 is 34.9 Å². The predicted octanol–water partition coefficient (Wildman–Crippen LogP) is 4.01. The lowest BCUT2D eigenvalue weighted by atomic mass is 10.0. The molecular weight excluding hydrogens is 290 g/mol. The molecule has 0 amide bonds. The predicted molar refractivity (Wildman–Crippen MR) is 91.7 cm³/mol. The van der Waals surface area contributed by atoms with Crippen LogP contribution in [-0.2, 0) is 6.42 Å². The van der Waals surface area contributed by atoms with E-state index < -0.39 is 0 Å². The fraction of sp³-hybridized carbons (Fsp3) is 0.467. The zero-order chi connectivity index (χ0) is 13.2. The molecule has 102 valence electrons. The van der Waals surface area contributed by atoms with E-state index in [1.54, 1.807) is 0 Å². The van der Waals surface area contributed by atoms with Crippen LogP contribution in [0.15, 0.2) is 29.6 Å². The summed E-state index contributed by atoms with van der Waals surface area (Å²) in [5.41, 5.74) is 7.92. The molecule has 1 aromatic carbocycles. The monoisotopic (exact) mass is 309 g/mol. The van der Waals surface area contributed by atoms with Gasteiger partial charge in [-0.3, -0.25) is 0 Å². The van der Waals surface area contributed by atoms with Gasteiger partial charge in [-0.15, -0.1) is 11.3 Å². The van der Waals surface area contributed by atoms with Crippen LogP contribution in [0.3, 0.4) is 0 Å². The van der Waals surface area contributed by atoms with Gasteiger partial charge in [0.2, 0.25) is 0 Å². The van der Waals surface area contributed by atoms with E-state index in [9.17, 15) is 0 Å². The molecule has 1 nitrogen and oxygen atoms in total. The number of rotatable bonds is 3. The summed E-state index contributed by atoms with van der Waals surface area (Å²) in [6, 6.07) is 8.92. The molecule has 1 aliphatic rings. The zero-order valence-corrected chi connectivity index (χ0v) is 13.5. The number of hydrogen-bond acceptors (Lipinski definition) is 4. The summed E-state index contributed by atoms with van der Waals surface area (Å²) >= 11 is 5.97. The maximum absolute atomic E-state index is 6.49. The fourth-order valence-corrected chi connectivity index (χ4v) is 6.55. The van der Waals surface area contributed by atoms with Gasteiger partial charge in [-0.05, 0) is 28.8 Å². The van der Waals surface area contributed by atoms with Crippen molar-refractivity contribution in [2.75, 3.05) is 11.5 Å². The topological polar surface area (TPSA) is 26.0 Å². The highest BCUT2D eigenvalue weighted by atomic mass is 32.2. The second-order valence-corrected chi connectivity index (χ2v) is 8.72. The minimum Gasteiger partial charge on any atom is -0.326 e. The quantitative estimate of drug-likeness (QED) is 0.928. The van der Waals surface area contributed by atoms with Gasteiger partial charge in [0.25, 0.3) is 0 Å². The molecule has 3 rings (SSSR count). The van der Waals surface area contributed by atoms with E-state index in [4.69, 9.17) is 5.73 Å². The molecule has 2 heterocycles. The smallest absolute Gasteiger partial charge is 0.0345 e. The first kappa shape index (κ1) is 13.8. The molecule has 0 saturated carbocycles. The van der Waals surface area contributed by atoms with Gasteiger partial charge in [-0.25, -0.2) is 0 Å². The molecule has 0 bridgehead atoms. The first-order valence-corrected chi connectivity index (χ1v) is 9.67. The van der Waals surface area contributed by atoms with Crippen LogP contribution in [0.5, 0.6) is 0 Å². The Bertz CT molecular complexity index is 551. The van der Waals surface area contributed by atoms with Crippen molar-refractivity contribution in [1.29, 1.82) is 0 Å². The average molecular weight is 310 g/mol. The summed E-state index contributed by atoms with van der Waals surface area (Å²) < 4.78 is 1.38. The van der Waals surface area contributed by atoms with E-state index in [-0.39, 0.29) is 6.04 Å². The molecule has 3 unspecified atom stereocenters. The van der Waals surface area contributed by atoms with E-state index >= 15 is 0 Å². The molecule has 19 heavy (non-hydrogen) atoms. The summed E-state index contributed by atoms with van der Waals surface area (Å²) in [6.45, 7) is 2.33.